The van der Waals surface area contributed by atoms with E-state index in [4.69, 9.17) is 0 Å². The van der Waals surface area contributed by atoms with Crippen molar-refractivity contribution in [2.75, 3.05) is 5.32 Å². The second-order valence-electron chi connectivity index (χ2n) is 5.68. The Hall–Kier alpha value is -2.80. The summed E-state index contributed by atoms with van der Waals surface area (Å²) in [6, 6.07) is 10.0. The van der Waals surface area contributed by atoms with Crippen LogP contribution < -0.4 is 5.32 Å². The van der Waals surface area contributed by atoms with Gasteiger partial charge in [-0.15, -0.1) is 0 Å². The van der Waals surface area contributed by atoms with E-state index in [-0.39, 0.29) is 11.8 Å². The maximum absolute atomic E-state index is 12.2. The van der Waals surface area contributed by atoms with Crippen LogP contribution in [0.4, 0.5) is 5.69 Å². The Bertz CT molecular complexity index is 1070. The highest BCUT2D eigenvalue weighted by Crippen LogP contribution is 2.40. The van der Waals surface area contributed by atoms with Gasteiger partial charge in [-0.2, -0.15) is 13.8 Å². The number of carbonyl (C=O) groups excluding carboxylic acids is 1. The van der Waals surface area contributed by atoms with Gasteiger partial charge >= 0.3 is 0 Å². The van der Waals surface area contributed by atoms with Crippen molar-refractivity contribution in [2.24, 2.45) is 0 Å². The Morgan fingerprint density at radius 2 is 2.13 bits per heavy atom. The van der Waals surface area contributed by atoms with Crippen molar-refractivity contribution in [3.05, 3.63) is 47.7 Å². The second-order valence-corrected chi connectivity index (χ2v) is 6.21. The Balaban J connectivity index is 1.78. The lowest BCUT2D eigenvalue weighted by Crippen LogP contribution is -2.23. The number of carbonyl (C=O) groups is 1. The predicted molar refractivity (Wildman–Crippen MR) is 88.6 cm³/mol. The zero-order valence-corrected chi connectivity index (χ0v) is 12.7. The van der Waals surface area contributed by atoms with Crippen molar-refractivity contribution in [3.8, 4) is 0 Å². The number of aromatic amines is 1. The molecule has 1 aliphatic rings. The first kappa shape index (κ1) is 12.7. The molecule has 6 nitrogen and oxygen atoms in total. The summed E-state index contributed by atoms with van der Waals surface area (Å²) in [5.74, 6) is -0.00722. The number of rotatable bonds is 1. The van der Waals surface area contributed by atoms with Gasteiger partial charge in [-0.25, -0.2) is 0 Å². The highest BCUT2D eigenvalue weighted by atomic mass is 32.1. The number of anilines is 1. The fourth-order valence-electron chi connectivity index (χ4n) is 3.29. The highest BCUT2D eigenvalue weighted by molar-refractivity contribution is 7.00. The molecular formula is C16H11N5OS. The molecule has 0 radical (unpaired) electrons. The van der Waals surface area contributed by atoms with Crippen molar-refractivity contribution in [1.82, 2.24) is 18.9 Å². The molecule has 112 valence electrons. The number of nitrogens with zero attached hydrogens (tertiary/aromatic N) is 3. The molecule has 0 unspecified atom stereocenters. The van der Waals surface area contributed by atoms with Gasteiger partial charge in [-0.05, 0) is 29.3 Å². The first-order chi connectivity index (χ1) is 11.3. The molecule has 7 heteroatoms. The topological polar surface area (TPSA) is 83.6 Å². The lowest BCUT2D eigenvalue weighted by Gasteiger charge is -2.26. The molecule has 0 saturated carbocycles. The Labute approximate surface area is 134 Å². The van der Waals surface area contributed by atoms with E-state index in [2.05, 4.69) is 30.3 Å². The summed E-state index contributed by atoms with van der Waals surface area (Å²) < 4.78 is 8.73. The van der Waals surface area contributed by atoms with Crippen molar-refractivity contribution in [3.63, 3.8) is 0 Å². The molecular weight excluding hydrogens is 310 g/mol. The quantitative estimate of drug-likeness (QED) is 0.564. The van der Waals surface area contributed by atoms with E-state index in [1.165, 1.54) is 11.7 Å². The molecule has 0 spiro atoms. The Morgan fingerprint density at radius 1 is 1.17 bits per heavy atom. The number of hydrogen-bond donors (Lipinski definition) is 2. The van der Waals surface area contributed by atoms with Crippen molar-refractivity contribution in [2.45, 2.75) is 12.3 Å². The molecule has 3 heterocycles. The normalized spacial score (nSPS) is 17.4. The first-order valence-electron chi connectivity index (χ1n) is 7.27. The van der Waals surface area contributed by atoms with E-state index in [0.717, 1.165) is 38.8 Å². The van der Waals surface area contributed by atoms with Gasteiger partial charge < -0.3 is 5.32 Å². The highest BCUT2D eigenvalue weighted by Gasteiger charge is 2.29. The van der Waals surface area contributed by atoms with Crippen LogP contribution in [0.25, 0.3) is 21.9 Å². The zero-order valence-electron chi connectivity index (χ0n) is 11.9. The third-order valence-electron chi connectivity index (χ3n) is 4.34. The molecule has 2 N–H and O–H groups in total. The van der Waals surface area contributed by atoms with Crippen molar-refractivity contribution >= 4 is 45.3 Å². The third kappa shape index (κ3) is 1.86. The summed E-state index contributed by atoms with van der Waals surface area (Å²) in [6.07, 6.45) is 2.21. The molecule has 2 aromatic heterocycles. The van der Waals surface area contributed by atoms with Crippen LogP contribution in [0.15, 0.2) is 36.5 Å². The molecule has 23 heavy (non-hydrogen) atoms. The van der Waals surface area contributed by atoms with Crippen molar-refractivity contribution in [1.29, 1.82) is 0 Å². The molecule has 1 amide bonds. The third-order valence-corrected chi connectivity index (χ3v) is 4.88. The van der Waals surface area contributed by atoms with Gasteiger partial charge in [0.05, 0.1) is 23.4 Å². The molecule has 5 rings (SSSR count). The summed E-state index contributed by atoms with van der Waals surface area (Å²) in [7, 11) is 0. The molecule has 1 atom stereocenters. The fourth-order valence-corrected chi connectivity index (χ4v) is 3.84. The van der Waals surface area contributed by atoms with Crippen LogP contribution in [-0.2, 0) is 4.79 Å². The van der Waals surface area contributed by atoms with Gasteiger partial charge in [0.15, 0.2) is 0 Å². The van der Waals surface area contributed by atoms with E-state index in [9.17, 15) is 4.79 Å². The lowest BCUT2D eigenvalue weighted by molar-refractivity contribution is -0.116. The maximum Gasteiger partial charge on any atom is 0.225 e. The number of amides is 1. The average molecular weight is 321 g/mol. The summed E-state index contributed by atoms with van der Waals surface area (Å²) in [5.41, 5.74) is 5.66. The standard InChI is InChI=1S/C16H11N5OS/c22-15-5-10(9-2-1-3-12-16(9)21-23-20-12)11-4-8-7-17-19-13(8)6-14(11)18-15/h1-4,6-7,10H,5H2,(H,17,19)(H,18,22)/t10-/m0/s1. The first-order valence-corrected chi connectivity index (χ1v) is 8.01. The number of H-pyrrole nitrogens is 1. The van der Waals surface area contributed by atoms with E-state index >= 15 is 0 Å². The Kier molecular flexibility index (Phi) is 2.54. The number of benzene rings is 2. The molecule has 4 aromatic rings. The van der Waals surface area contributed by atoms with Crippen LogP contribution in [0.5, 0.6) is 0 Å². The molecule has 0 aliphatic carbocycles. The second kappa shape index (κ2) is 4.60. The molecule has 0 bridgehead atoms. The van der Waals surface area contributed by atoms with E-state index in [1.54, 1.807) is 6.20 Å². The molecule has 1 aliphatic heterocycles. The van der Waals surface area contributed by atoms with E-state index in [1.807, 2.05) is 24.3 Å². The van der Waals surface area contributed by atoms with Crippen LogP contribution in [0.3, 0.4) is 0 Å². The minimum atomic E-state index is -0.0225. The van der Waals surface area contributed by atoms with Crippen molar-refractivity contribution < 1.29 is 4.79 Å². The maximum atomic E-state index is 12.2. The van der Waals surface area contributed by atoms with Gasteiger partial charge in [-0.1, -0.05) is 12.1 Å². The van der Waals surface area contributed by atoms with Crippen LogP contribution in [0.1, 0.15) is 23.5 Å². The number of hydrogen-bond acceptors (Lipinski definition) is 5. The van der Waals surface area contributed by atoms with Crippen LogP contribution in [0.2, 0.25) is 0 Å². The van der Waals surface area contributed by atoms with Gasteiger partial charge in [0, 0.05) is 23.4 Å². The summed E-state index contributed by atoms with van der Waals surface area (Å²) >= 11 is 1.20. The van der Waals surface area contributed by atoms with Crippen LogP contribution in [0, 0.1) is 0 Å². The number of fused-ring (bicyclic) bond motifs is 3. The Morgan fingerprint density at radius 3 is 3.09 bits per heavy atom. The number of aromatic nitrogens is 4. The summed E-state index contributed by atoms with van der Waals surface area (Å²) in [6.45, 7) is 0. The van der Waals surface area contributed by atoms with Crippen LogP contribution in [-0.4, -0.2) is 24.9 Å². The minimum absolute atomic E-state index is 0.0153. The van der Waals surface area contributed by atoms with E-state index < -0.39 is 0 Å². The SMILES string of the molecule is O=C1C[C@@H](c2cccc3nsnc23)c2cc3cn[nH]c3cc2N1. The zero-order chi connectivity index (χ0) is 15.4. The van der Waals surface area contributed by atoms with Crippen LogP contribution >= 0.6 is 11.7 Å². The molecule has 0 saturated heterocycles. The monoisotopic (exact) mass is 321 g/mol. The summed E-state index contributed by atoms with van der Waals surface area (Å²) in [5, 5.41) is 11.0. The van der Waals surface area contributed by atoms with Gasteiger partial charge in [0.2, 0.25) is 5.91 Å². The lowest BCUT2D eigenvalue weighted by atomic mass is 9.83. The smallest absolute Gasteiger partial charge is 0.225 e. The van der Waals surface area contributed by atoms with Gasteiger partial charge in [0.1, 0.15) is 11.0 Å². The summed E-state index contributed by atoms with van der Waals surface area (Å²) in [4.78, 5) is 12.2. The average Bonchev–Trinajstić information content (AvgIpc) is 3.20. The number of nitrogens with one attached hydrogen (secondary N) is 2. The molecule has 2 aromatic carbocycles. The van der Waals surface area contributed by atoms with Gasteiger partial charge in [0.25, 0.3) is 0 Å². The largest absolute Gasteiger partial charge is 0.326 e. The fraction of sp³-hybridized carbons (Fsp3) is 0.125. The predicted octanol–water partition coefficient (Wildman–Crippen LogP) is 3.04. The molecule has 0 fully saturated rings. The van der Waals surface area contributed by atoms with Gasteiger partial charge in [-0.3, -0.25) is 9.89 Å². The van der Waals surface area contributed by atoms with E-state index in [0.29, 0.717) is 6.42 Å². The minimum Gasteiger partial charge on any atom is -0.326 e.